The third kappa shape index (κ3) is 3.47. The van der Waals surface area contributed by atoms with E-state index in [1.165, 1.54) is 0 Å². The number of nitrogens with zero attached hydrogens (tertiary/aromatic N) is 3. The Balaban J connectivity index is 2.15. The number of nitrogen functional groups attached to an aromatic ring is 1. The van der Waals surface area contributed by atoms with E-state index in [9.17, 15) is 0 Å². The maximum atomic E-state index is 5.82. The quantitative estimate of drug-likeness (QED) is 0.894. The molecule has 0 saturated heterocycles. The molecule has 0 aromatic carbocycles. The van der Waals surface area contributed by atoms with Crippen LogP contribution in [0, 0.1) is 6.92 Å². The van der Waals surface area contributed by atoms with Gasteiger partial charge in [0.1, 0.15) is 29.0 Å². The first-order chi connectivity index (χ1) is 9.08. The van der Waals surface area contributed by atoms with E-state index in [0.717, 1.165) is 36.0 Å². The second-order valence-corrected chi connectivity index (χ2v) is 4.69. The number of furan rings is 1. The molecule has 0 fully saturated rings. The maximum Gasteiger partial charge on any atom is 0.134 e. The number of hydrogen-bond acceptors (Lipinski definition) is 5. The van der Waals surface area contributed by atoms with Crippen LogP contribution >= 0.6 is 0 Å². The van der Waals surface area contributed by atoms with Gasteiger partial charge < -0.3 is 15.1 Å². The lowest BCUT2D eigenvalue weighted by Gasteiger charge is -2.17. The molecule has 2 N–H and O–H groups in total. The van der Waals surface area contributed by atoms with Crippen molar-refractivity contribution in [3.63, 3.8) is 0 Å². The van der Waals surface area contributed by atoms with Gasteiger partial charge in [0.15, 0.2) is 0 Å². The molecular formula is C14H20N4O. The summed E-state index contributed by atoms with van der Waals surface area (Å²) in [6.07, 6.45) is 1.84. The van der Waals surface area contributed by atoms with Crippen molar-refractivity contribution in [2.75, 3.05) is 17.7 Å². The predicted octanol–water partition coefficient (Wildman–Crippen LogP) is 2.55. The van der Waals surface area contributed by atoms with Gasteiger partial charge in [-0.1, -0.05) is 6.92 Å². The molecule has 0 radical (unpaired) electrons. The average Bonchev–Trinajstić information content (AvgIpc) is 2.74. The molecule has 0 spiro atoms. The summed E-state index contributed by atoms with van der Waals surface area (Å²) in [5.41, 5.74) is 5.82. The Morgan fingerprint density at radius 1 is 1.32 bits per heavy atom. The van der Waals surface area contributed by atoms with Crippen LogP contribution in [0.15, 0.2) is 22.6 Å². The topological polar surface area (TPSA) is 68.2 Å². The number of anilines is 2. The van der Waals surface area contributed by atoms with Gasteiger partial charge in [-0.15, -0.1) is 0 Å². The molecule has 0 aliphatic heterocycles. The number of rotatable bonds is 5. The van der Waals surface area contributed by atoms with Crippen LogP contribution in [0.25, 0.3) is 0 Å². The zero-order valence-corrected chi connectivity index (χ0v) is 11.7. The third-order valence-corrected chi connectivity index (χ3v) is 2.83. The van der Waals surface area contributed by atoms with E-state index in [1.54, 1.807) is 6.07 Å². The van der Waals surface area contributed by atoms with Crippen LogP contribution in [-0.4, -0.2) is 17.0 Å². The van der Waals surface area contributed by atoms with E-state index in [4.69, 9.17) is 10.2 Å². The molecule has 0 bridgehead atoms. The van der Waals surface area contributed by atoms with Crippen molar-refractivity contribution in [3.05, 3.63) is 35.5 Å². The molecule has 2 aromatic rings. The normalized spacial score (nSPS) is 10.7. The second-order valence-electron chi connectivity index (χ2n) is 4.69. The fraction of sp³-hybridized carbons (Fsp3) is 0.429. The van der Waals surface area contributed by atoms with E-state index in [2.05, 4.69) is 16.9 Å². The highest BCUT2D eigenvalue weighted by molar-refractivity contribution is 5.46. The summed E-state index contributed by atoms with van der Waals surface area (Å²) in [7, 11) is 1.97. The fourth-order valence-electron chi connectivity index (χ4n) is 1.92. The van der Waals surface area contributed by atoms with Gasteiger partial charge in [0, 0.05) is 19.5 Å². The number of nitrogens with two attached hydrogens (primary N) is 1. The highest BCUT2D eigenvalue weighted by Gasteiger charge is 2.09. The Morgan fingerprint density at radius 3 is 2.74 bits per heavy atom. The molecule has 5 nitrogen and oxygen atoms in total. The molecule has 2 heterocycles. The Bertz CT molecular complexity index is 550. The first-order valence-corrected chi connectivity index (χ1v) is 6.48. The van der Waals surface area contributed by atoms with Crippen molar-refractivity contribution in [2.45, 2.75) is 33.2 Å². The van der Waals surface area contributed by atoms with Crippen molar-refractivity contribution in [1.82, 2.24) is 9.97 Å². The summed E-state index contributed by atoms with van der Waals surface area (Å²) in [5, 5.41) is 0. The summed E-state index contributed by atoms with van der Waals surface area (Å²) in [6.45, 7) is 4.70. The van der Waals surface area contributed by atoms with Crippen LogP contribution in [0.5, 0.6) is 0 Å². The minimum absolute atomic E-state index is 0.510. The first kappa shape index (κ1) is 13.4. The summed E-state index contributed by atoms with van der Waals surface area (Å²) in [4.78, 5) is 10.8. The smallest absolute Gasteiger partial charge is 0.134 e. The van der Waals surface area contributed by atoms with Gasteiger partial charge in [-0.05, 0) is 25.5 Å². The van der Waals surface area contributed by atoms with E-state index >= 15 is 0 Å². The van der Waals surface area contributed by atoms with Crippen molar-refractivity contribution in [2.24, 2.45) is 0 Å². The molecule has 2 rings (SSSR count). The maximum absolute atomic E-state index is 5.82. The Labute approximate surface area is 113 Å². The zero-order chi connectivity index (χ0) is 13.8. The predicted molar refractivity (Wildman–Crippen MR) is 76.0 cm³/mol. The molecule has 0 unspecified atom stereocenters. The van der Waals surface area contributed by atoms with Gasteiger partial charge in [0.25, 0.3) is 0 Å². The molecule has 0 saturated carbocycles. The van der Waals surface area contributed by atoms with Crippen molar-refractivity contribution in [3.8, 4) is 0 Å². The summed E-state index contributed by atoms with van der Waals surface area (Å²) >= 11 is 0. The van der Waals surface area contributed by atoms with E-state index in [1.807, 2.05) is 31.0 Å². The van der Waals surface area contributed by atoms with Gasteiger partial charge in [0.05, 0.1) is 6.54 Å². The van der Waals surface area contributed by atoms with Gasteiger partial charge in [0.2, 0.25) is 0 Å². The van der Waals surface area contributed by atoms with E-state index in [-0.39, 0.29) is 0 Å². The molecule has 0 atom stereocenters. The van der Waals surface area contributed by atoms with E-state index < -0.39 is 0 Å². The standard InChI is InChI=1S/C14H20N4O/c1-4-5-13-16-12(15)8-14(17-13)18(3)9-11-7-6-10(2)19-11/h6-8H,4-5,9H2,1-3H3,(H2,15,16,17). The number of aryl methyl sites for hydroxylation is 2. The highest BCUT2D eigenvalue weighted by Crippen LogP contribution is 2.17. The zero-order valence-electron chi connectivity index (χ0n) is 11.7. The van der Waals surface area contributed by atoms with E-state index in [0.29, 0.717) is 12.4 Å². The summed E-state index contributed by atoms with van der Waals surface area (Å²) in [6, 6.07) is 5.72. The SMILES string of the molecule is CCCc1nc(N)cc(N(C)Cc2ccc(C)o2)n1. The van der Waals surface area contributed by atoms with Gasteiger partial charge in [-0.2, -0.15) is 0 Å². The lowest BCUT2D eigenvalue weighted by molar-refractivity contribution is 0.481. The van der Waals surface area contributed by atoms with Gasteiger partial charge >= 0.3 is 0 Å². The molecule has 0 amide bonds. The van der Waals surface area contributed by atoms with Gasteiger partial charge in [-0.3, -0.25) is 0 Å². The van der Waals surface area contributed by atoms with Crippen LogP contribution in [0.1, 0.15) is 30.7 Å². The number of aromatic nitrogens is 2. The molecule has 5 heteroatoms. The highest BCUT2D eigenvalue weighted by atomic mass is 16.3. The van der Waals surface area contributed by atoms with Crippen LogP contribution in [0.3, 0.4) is 0 Å². The summed E-state index contributed by atoms with van der Waals surface area (Å²) < 4.78 is 5.57. The van der Waals surface area contributed by atoms with Crippen molar-refractivity contribution >= 4 is 11.6 Å². The lowest BCUT2D eigenvalue weighted by atomic mass is 10.3. The monoisotopic (exact) mass is 260 g/mol. The van der Waals surface area contributed by atoms with Gasteiger partial charge in [-0.25, -0.2) is 9.97 Å². The molecular weight excluding hydrogens is 240 g/mol. The molecule has 2 aromatic heterocycles. The first-order valence-electron chi connectivity index (χ1n) is 6.48. The fourth-order valence-corrected chi connectivity index (χ4v) is 1.92. The third-order valence-electron chi connectivity index (χ3n) is 2.83. The second kappa shape index (κ2) is 5.73. The lowest BCUT2D eigenvalue weighted by Crippen LogP contribution is -2.18. The number of hydrogen-bond donors (Lipinski definition) is 1. The van der Waals surface area contributed by atoms with Crippen molar-refractivity contribution in [1.29, 1.82) is 0 Å². The Hall–Kier alpha value is -2.04. The Morgan fingerprint density at radius 2 is 2.11 bits per heavy atom. The molecule has 102 valence electrons. The average molecular weight is 260 g/mol. The summed E-state index contributed by atoms with van der Waals surface area (Å²) in [5.74, 6) is 3.95. The minimum atomic E-state index is 0.510. The van der Waals surface area contributed by atoms with Crippen LogP contribution < -0.4 is 10.6 Å². The Kier molecular flexibility index (Phi) is 4.04. The van der Waals surface area contributed by atoms with Crippen LogP contribution in [0.2, 0.25) is 0 Å². The molecule has 19 heavy (non-hydrogen) atoms. The minimum Gasteiger partial charge on any atom is -0.464 e. The molecule has 0 aliphatic carbocycles. The van der Waals surface area contributed by atoms with Crippen molar-refractivity contribution < 1.29 is 4.42 Å². The van der Waals surface area contributed by atoms with Crippen LogP contribution in [0.4, 0.5) is 11.6 Å². The van der Waals surface area contributed by atoms with Crippen LogP contribution in [-0.2, 0) is 13.0 Å². The largest absolute Gasteiger partial charge is 0.464 e. The molecule has 0 aliphatic rings.